The zero-order valence-corrected chi connectivity index (χ0v) is 16.9. The number of fused-ring (bicyclic) bond motifs is 2. The largest absolute Gasteiger partial charge is 0.320 e. The molecule has 0 aliphatic heterocycles. The highest BCUT2D eigenvalue weighted by molar-refractivity contribution is 6.08. The number of rotatable bonds is 4. The van der Waals surface area contributed by atoms with Gasteiger partial charge in [0.05, 0.1) is 23.1 Å². The maximum Gasteiger partial charge on any atom is 0.274 e. The number of benzene rings is 1. The molecular formula is C23H19FN6O. The second-order valence-electron chi connectivity index (χ2n) is 7.43. The fourth-order valence-electron chi connectivity index (χ4n) is 3.77. The maximum absolute atomic E-state index is 13.4. The van der Waals surface area contributed by atoms with Crippen molar-refractivity contribution in [2.45, 2.75) is 19.8 Å². The highest BCUT2D eigenvalue weighted by Gasteiger charge is 2.20. The fourth-order valence-corrected chi connectivity index (χ4v) is 3.77. The Morgan fingerprint density at radius 3 is 2.87 bits per heavy atom. The van der Waals surface area contributed by atoms with E-state index in [0.29, 0.717) is 17.0 Å². The third-order valence-electron chi connectivity index (χ3n) is 5.35. The minimum Gasteiger partial charge on any atom is -0.320 e. The second kappa shape index (κ2) is 7.32. The molecule has 1 unspecified atom stereocenters. The normalized spacial score (nSPS) is 12.4. The SMILES string of the molecule is Cc1cccc(C(C)c2[nH]nc3cccc(NC(=O)c4cnc5cc(F)ccn45)c23)n1. The van der Waals surface area contributed by atoms with Gasteiger partial charge in [0.2, 0.25) is 0 Å². The summed E-state index contributed by atoms with van der Waals surface area (Å²) in [6.45, 7) is 4.00. The second-order valence-corrected chi connectivity index (χ2v) is 7.43. The summed E-state index contributed by atoms with van der Waals surface area (Å²) in [7, 11) is 0. The number of aromatic nitrogens is 5. The smallest absolute Gasteiger partial charge is 0.274 e. The number of nitrogens with zero attached hydrogens (tertiary/aromatic N) is 4. The van der Waals surface area contributed by atoms with Crippen LogP contribution in [0.2, 0.25) is 0 Å². The third-order valence-corrected chi connectivity index (χ3v) is 5.35. The van der Waals surface area contributed by atoms with E-state index in [9.17, 15) is 9.18 Å². The van der Waals surface area contributed by atoms with Crippen molar-refractivity contribution in [1.29, 1.82) is 0 Å². The highest BCUT2D eigenvalue weighted by atomic mass is 19.1. The zero-order chi connectivity index (χ0) is 21.5. The van der Waals surface area contributed by atoms with E-state index in [2.05, 4.69) is 25.5 Å². The number of halogens is 1. The van der Waals surface area contributed by atoms with Crippen molar-refractivity contribution in [1.82, 2.24) is 24.6 Å². The Morgan fingerprint density at radius 1 is 1.19 bits per heavy atom. The standard InChI is InChI=1S/C23H19FN6O/c1-13-5-3-6-16(26-13)14(2)22-21-17(7-4-8-18(21)28-29-22)27-23(31)19-12-25-20-11-15(24)9-10-30(19)20/h3-12,14H,1-2H3,(H,27,31)(H,28,29). The van der Waals surface area contributed by atoms with E-state index in [0.717, 1.165) is 28.0 Å². The maximum atomic E-state index is 13.4. The van der Waals surface area contributed by atoms with E-state index in [-0.39, 0.29) is 11.8 Å². The monoisotopic (exact) mass is 414 g/mol. The Balaban J connectivity index is 1.54. The first-order valence-electron chi connectivity index (χ1n) is 9.86. The van der Waals surface area contributed by atoms with Crippen LogP contribution in [0.3, 0.4) is 0 Å². The highest BCUT2D eigenvalue weighted by Crippen LogP contribution is 2.33. The van der Waals surface area contributed by atoms with Gasteiger partial charge in [-0.3, -0.25) is 19.3 Å². The van der Waals surface area contributed by atoms with E-state index in [1.807, 2.05) is 50.2 Å². The number of hydrogen-bond donors (Lipinski definition) is 2. The lowest BCUT2D eigenvalue weighted by atomic mass is 9.98. The van der Waals surface area contributed by atoms with Crippen molar-refractivity contribution in [2.75, 3.05) is 5.32 Å². The molecule has 0 aliphatic carbocycles. The Hall–Kier alpha value is -4.07. The number of H-pyrrole nitrogens is 1. The molecule has 31 heavy (non-hydrogen) atoms. The summed E-state index contributed by atoms with van der Waals surface area (Å²) in [5, 5.41) is 11.3. The Morgan fingerprint density at radius 2 is 2.03 bits per heavy atom. The molecule has 0 saturated heterocycles. The molecule has 1 aromatic carbocycles. The van der Waals surface area contributed by atoms with Gasteiger partial charge in [-0.05, 0) is 37.3 Å². The Kier molecular flexibility index (Phi) is 4.47. The van der Waals surface area contributed by atoms with Crippen molar-refractivity contribution >= 4 is 28.1 Å². The lowest BCUT2D eigenvalue weighted by Gasteiger charge is -2.13. The van der Waals surface area contributed by atoms with E-state index in [1.165, 1.54) is 24.5 Å². The number of nitrogens with one attached hydrogen (secondary N) is 2. The lowest BCUT2D eigenvalue weighted by molar-refractivity contribution is 0.102. The molecule has 0 radical (unpaired) electrons. The first-order valence-corrected chi connectivity index (χ1v) is 9.86. The van der Waals surface area contributed by atoms with E-state index in [1.54, 1.807) is 4.40 Å². The van der Waals surface area contributed by atoms with Crippen LogP contribution >= 0.6 is 0 Å². The Bertz CT molecular complexity index is 1440. The van der Waals surface area contributed by atoms with Gasteiger partial charge < -0.3 is 5.32 Å². The molecule has 5 aromatic rings. The van der Waals surface area contributed by atoms with Crippen LogP contribution in [0.4, 0.5) is 10.1 Å². The molecule has 0 fully saturated rings. The van der Waals surface area contributed by atoms with E-state index >= 15 is 0 Å². The summed E-state index contributed by atoms with van der Waals surface area (Å²) in [6, 6.07) is 14.0. The quantitative estimate of drug-likeness (QED) is 0.455. The molecule has 0 aliphatic rings. The molecule has 4 heterocycles. The van der Waals surface area contributed by atoms with Crippen molar-refractivity contribution in [2.24, 2.45) is 0 Å². The van der Waals surface area contributed by atoms with Crippen LogP contribution in [0, 0.1) is 12.7 Å². The van der Waals surface area contributed by atoms with Crippen LogP contribution < -0.4 is 5.32 Å². The average molecular weight is 414 g/mol. The summed E-state index contributed by atoms with van der Waals surface area (Å²) in [4.78, 5) is 21.8. The summed E-state index contributed by atoms with van der Waals surface area (Å²) >= 11 is 0. The average Bonchev–Trinajstić information content (AvgIpc) is 3.37. The summed E-state index contributed by atoms with van der Waals surface area (Å²) in [5.41, 5.74) is 4.76. The predicted molar refractivity (Wildman–Crippen MR) is 116 cm³/mol. The molecule has 8 heteroatoms. The van der Waals surface area contributed by atoms with Crippen LogP contribution in [0.15, 0.2) is 60.9 Å². The molecule has 2 N–H and O–H groups in total. The number of pyridine rings is 2. The fraction of sp³-hybridized carbons (Fsp3) is 0.130. The van der Waals surface area contributed by atoms with Gasteiger partial charge in [0.15, 0.2) is 0 Å². The Labute approximate surface area is 177 Å². The van der Waals surface area contributed by atoms with Gasteiger partial charge in [0.25, 0.3) is 5.91 Å². The minimum atomic E-state index is -0.406. The lowest BCUT2D eigenvalue weighted by Crippen LogP contribution is -2.15. The van der Waals surface area contributed by atoms with Gasteiger partial charge in [0.1, 0.15) is 17.2 Å². The predicted octanol–water partition coefficient (Wildman–Crippen LogP) is 4.46. The molecule has 0 spiro atoms. The molecule has 4 aromatic heterocycles. The number of aryl methyl sites for hydroxylation is 1. The van der Waals surface area contributed by atoms with Gasteiger partial charge in [-0.25, -0.2) is 9.37 Å². The van der Waals surface area contributed by atoms with Gasteiger partial charge in [-0.2, -0.15) is 5.10 Å². The van der Waals surface area contributed by atoms with Crippen LogP contribution in [0.25, 0.3) is 16.6 Å². The molecule has 154 valence electrons. The van der Waals surface area contributed by atoms with Gasteiger partial charge in [-0.1, -0.05) is 19.1 Å². The van der Waals surface area contributed by atoms with Crippen LogP contribution in [0.5, 0.6) is 0 Å². The summed E-state index contributed by atoms with van der Waals surface area (Å²) in [6.07, 6.45) is 2.92. The van der Waals surface area contributed by atoms with Crippen LogP contribution in [-0.4, -0.2) is 30.5 Å². The summed E-state index contributed by atoms with van der Waals surface area (Å²) in [5.74, 6) is -0.807. The number of amides is 1. The first kappa shape index (κ1) is 18.9. The van der Waals surface area contributed by atoms with Gasteiger partial charge in [0, 0.05) is 35.0 Å². The first-order chi connectivity index (χ1) is 15.0. The zero-order valence-electron chi connectivity index (χ0n) is 16.9. The molecular weight excluding hydrogens is 395 g/mol. The number of hydrogen-bond acceptors (Lipinski definition) is 4. The molecule has 1 atom stereocenters. The number of aromatic amines is 1. The number of imidazole rings is 1. The minimum absolute atomic E-state index is 0.0540. The summed E-state index contributed by atoms with van der Waals surface area (Å²) < 4.78 is 15.0. The van der Waals surface area contributed by atoms with Gasteiger partial charge in [-0.15, -0.1) is 0 Å². The topological polar surface area (TPSA) is 88.0 Å². The van der Waals surface area contributed by atoms with E-state index in [4.69, 9.17) is 0 Å². The molecule has 7 nitrogen and oxygen atoms in total. The van der Waals surface area contributed by atoms with Crippen molar-refractivity contribution < 1.29 is 9.18 Å². The van der Waals surface area contributed by atoms with Gasteiger partial charge >= 0.3 is 0 Å². The molecule has 1 amide bonds. The number of anilines is 1. The number of carbonyl (C=O) groups is 1. The number of carbonyl (C=O) groups excluding carboxylic acids is 1. The third kappa shape index (κ3) is 3.31. The van der Waals surface area contributed by atoms with Crippen LogP contribution in [-0.2, 0) is 0 Å². The molecule has 0 saturated carbocycles. The van der Waals surface area contributed by atoms with E-state index < -0.39 is 5.82 Å². The van der Waals surface area contributed by atoms with Crippen LogP contribution in [0.1, 0.15) is 40.4 Å². The van der Waals surface area contributed by atoms with Crippen molar-refractivity contribution in [3.63, 3.8) is 0 Å². The molecule has 0 bridgehead atoms. The van der Waals surface area contributed by atoms with Crippen molar-refractivity contribution in [3.05, 3.63) is 89.5 Å². The molecule has 5 rings (SSSR count). The van der Waals surface area contributed by atoms with Crippen molar-refractivity contribution in [3.8, 4) is 0 Å².